The van der Waals surface area contributed by atoms with E-state index in [0.717, 1.165) is 16.9 Å². The summed E-state index contributed by atoms with van der Waals surface area (Å²) in [5.41, 5.74) is 1.80. The summed E-state index contributed by atoms with van der Waals surface area (Å²) >= 11 is 2.16. The maximum absolute atomic E-state index is 13.6. The Kier molecular flexibility index (Phi) is 7.90. The van der Waals surface area contributed by atoms with Crippen molar-refractivity contribution in [2.45, 2.75) is 19.6 Å². The van der Waals surface area contributed by atoms with Crippen LogP contribution in [0.4, 0.5) is 5.13 Å². The van der Waals surface area contributed by atoms with E-state index < -0.39 is 29.5 Å². The first-order valence-corrected chi connectivity index (χ1v) is 14.0. The van der Waals surface area contributed by atoms with E-state index in [1.807, 2.05) is 30.3 Å². The molecule has 0 saturated heterocycles. The zero-order valence-corrected chi connectivity index (χ0v) is 23.0. The third-order valence-electron chi connectivity index (χ3n) is 6.13. The second-order valence-corrected chi connectivity index (χ2v) is 10.7. The van der Waals surface area contributed by atoms with Crippen LogP contribution in [-0.4, -0.2) is 34.4 Å². The van der Waals surface area contributed by atoms with Crippen LogP contribution in [0.25, 0.3) is 0 Å². The molecule has 0 saturated carbocycles. The molecule has 2 aromatic heterocycles. The molecule has 1 aliphatic heterocycles. The maximum Gasteiger partial charge on any atom is 0.350 e. The minimum atomic E-state index is -1.01. The molecule has 1 amide bonds. The minimum Gasteiger partial charge on any atom is -0.503 e. The Morgan fingerprint density at radius 3 is 2.65 bits per heavy atom. The number of aliphatic hydroxyl groups is 1. The number of benzene rings is 2. The van der Waals surface area contributed by atoms with Crippen LogP contribution < -0.4 is 9.64 Å². The number of ketones is 1. The number of aliphatic hydroxyl groups excluding tert-OH is 1. The molecule has 10 heteroatoms. The largest absolute Gasteiger partial charge is 0.503 e. The van der Waals surface area contributed by atoms with E-state index in [0.29, 0.717) is 28.5 Å². The number of anilines is 1. The van der Waals surface area contributed by atoms with Gasteiger partial charge in [0.05, 0.1) is 22.2 Å². The standard InChI is InChI=1S/C30H24N2O6S2/c1-3-14-37-29(36)27-18(2)31-30(40-27)32-24(23(26(34)28(32)35)25(33)22-13-8-15-39-22)20-11-7-12-21(16-20)38-17-19-9-5-4-6-10-19/h3-13,15-16,24,34H,1,14,17H2,2H3. The van der Waals surface area contributed by atoms with Crippen LogP contribution in [0.2, 0.25) is 0 Å². The highest BCUT2D eigenvalue weighted by Gasteiger charge is 2.46. The first-order valence-electron chi connectivity index (χ1n) is 12.3. The molecular formula is C30H24N2O6S2. The highest BCUT2D eigenvalue weighted by atomic mass is 32.1. The number of thiophene rings is 1. The van der Waals surface area contributed by atoms with Gasteiger partial charge in [-0.1, -0.05) is 72.5 Å². The predicted molar refractivity (Wildman–Crippen MR) is 153 cm³/mol. The molecule has 8 nitrogen and oxygen atoms in total. The number of rotatable bonds is 10. The summed E-state index contributed by atoms with van der Waals surface area (Å²) < 4.78 is 11.2. The number of ether oxygens (including phenoxy) is 2. The van der Waals surface area contributed by atoms with E-state index >= 15 is 0 Å². The first-order chi connectivity index (χ1) is 19.4. The Morgan fingerprint density at radius 1 is 1.12 bits per heavy atom. The topological polar surface area (TPSA) is 106 Å². The van der Waals surface area contributed by atoms with Crippen molar-refractivity contribution in [2.24, 2.45) is 0 Å². The van der Waals surface area contributed by atoms with Crippen molar-refractivity contribution in [3.05, 3.63) is 123 Å². The minimum absolute atomic E-state index is 0.0222. The molecule has 0 spiro atoms. The molecule has 0 radical (unpaired) electrons. The Hall–Kier alpha value is -4.54. The number of carbonyl (C=O) groups is 3. The van der Waals surface area contributed by atoms with Crippen LogP contribution in [0.1, 0.15) is 42.2 Å². The number of aromatic nitrogens is 1. The van der Waals surface area contributed by atoms with Crippen molar-refractivity contribution in [3.63, 3.8) is 0 Å². The van der Waals surface area contributed by atoms with Gasteiger partial charge in [0.2, 0.25) is 5.78 Å². The van der Waals surface area contributed by atoms with Gasteiger partial charge in [0.15, 0.2) is 10.9 Å². The number of carbonyl (C=O) groups excluding carboxylic acids is 3. The van der Waals surface area contributed by atoms with Crippen LogP contribution in [0.3, 0.4) is 0 Å². The fourth-order valence-electron chi connectivity index (χ4n) is 4.28. The summed E-state index contributed by atoms with van der Waals surface area (Å²) in [7, 11) is 0. The van der Waals surface area contributed by atoms with Crippen LogP contribution in [-0.2, 0) is 16.1 Å². The molecule has 40 heavy (non-hydrogen) atoms. The second-order valence-electron chi connectivity index (χ2n) is 8.79. The molecule has 0 bridgehead atoms. The maximum atomic E-state index is 13.6. The third-order valence-corrected chi connectivity index (χ3v) is 8.13. The van der Waals surface area contributed by atoms with Crippen molar-refractivity contribution in [2.75, 3.05) is 11.5 Å². The highest BCUT2D eigenvalue weighted by molar-refractivity contribution is 7.17. The summed E-state index contributed by atoms with van der Waals surface area (Å²) in [5, 5.41) is 12.9. The Morgan fingerprint density at radius 2 is 1.93 bits per heavy atom. The Labute approximate surface area is 238 Å². The van der Waals surface area contributed by atoms with Crippen molar-refractivity contribution in [3.8, 4) is 5.75 Å². The van der Waals surface area contributed by atoms with Gasteiger partial charge in [-0.15, -0.1) is 11.3 Å². The molecule has 0 fully saturated rings. The average molecular weight is 573 g/mol. The van der Waals surface area contributed by atoms with Gasteiger partial charge < -0.3 is 14.6 Å². The van der Waals surface area contributed by atoms with E-state index in [1.165, 1.54) is 22.3 Å². The van der Waals surface area contributed by atoms with E-state index in [2.05, 4.69) is 11.6 Å². The van der Waals surface area contributed by atoms with Crippen LogP contribution >= 0.6 is 22.7 Å². The molecule has 3 heterocycles. The average Bonchev–Trinajstić information content (AvgIpc) is 3.70. The quantitative estimate of drug-likeness (QED) is 0.137. The fraction of sp³-hybridized carbons (Fsp3) is 0.133. The number of thiazole rings is 1. The zero-order chi connectivity index (χ0) is 28.2. The molecule has 202 valence electrons. The van der Waals surface area contributed by atoms with E-state index in [4.69, 9.17) is 9.47 Å². The van der Waals surface area contributed by atoms with Crippen molar-refractivity contribution in [1.29, 1.82) is 0 Å². The number of aryl methyl sites for hydroxylation is 1. The lowest BCUT2D eigenvalue weighted by molar-refractivity contribution is -0.117. The smallest absolute Gasteiger partial charge is 0.350 e. The van der Waals surface area contributed by atoms with Crippen molar-refractivity contribution >= 4 is 45.5 Å². The monoisotopic (exact) mass is 572 g/mol. The molecule has 1 aliphatic rings. The number of amides is 1. The Bertz CT molecular complexity index is 1610. The van der Waals surface area contributed by atoms with E-state index in [9.17, 15) is 19.5 Å². The zero-order valence-electron chi connectivity index (χ0n) is 21.4. The van der Waals surface area contributed by atoms with Crippen LogP contribution in [0.15, 0.2) is 96.1 Å². The lowest BCUT2D eigenvalue weighted by Crippen LogP contribution is -2.31. The van der Waals surface area contributed by atoms with Gasteiger partial charge in [-0.3, -0.25) is 14.5 Å². The van der Waals surface area contributed by atoms with Crippen molar-refractivity contribution in [1.82, 2.24) is 4.98 Å². The van der Waals surface area contributed by atoms with Gasteiger partial charge in [0, 0.05) is 0 Å². The number of esters is 1. The Balaban J connectivity index is 1.55. The van der Waals surface area contributed by atoms with Gasteiger partial charge in [0.25, 0.3) is 5.91 Å². The summed E-state index contributed by atoms with van der Waals surface area (Å²) in [6.45, 7) is 5.52. The molecule has 2 aromatic carbocycles. The molecule has 0 aliphatic carbocycles. The molecule has 1 atom stereocenters. The highest BCUT2D eigenvalue weighted by Crippen LogP contribution is 2.44. The lowest BCUT2D eigenvalue weighted by atomic mass is 9.95. The number of hydrogen-bond acceptors (Lipinski definition) is 9. The summed E-state index contributed by atoms with van der Waals surface area (Å²) in [5.74, 6) is -2.01. The molecule has 5 rings (SSSR count). The normalized spacial score (nSPS) is 14.9. The van der Waals surface area contributed by atoms with Gasteiger partial charge in [-0.25, -0.2) is 9.78 Å². The number of Topliss-reactive ketones (excluding diaryl/α,β-unsaturated/α-hetero) is 1. The number of nitrogens with zero attached hydrogens (tertiary/aromatic N) is 2. The number of hydrogen-bond donors (Lipinski definition) is 1. The van der Waals surface area contributed by atoms with E-state index in [-0.39, 0.29) is 22.2 Å². The van der Waals surface area contributed by atoms with Gasteiger partial charge in [-0.2, -0.15) is 0 Å². The summed E-state index contributed by atoms with van der Waals surface area (Å²) in [4.78, 5) is 46.0. The fourth-order valence-corrected chi connectivity index (χ4v) is 5.95. The van der Waals surface area contributed by atoms with Gasteiger partial charge in [-0.05, 0) is 41.6 Å². The van der Waals surface area contributed by atoms with Gasteiger partial charge >= 0.3 is 5.97 Å². The predicted octanol–water partition coefficient (Wildman–Crippen LogP) is 6.22. The first kappa shape index (κ1) is 27.0. The van der Waals surface area contributed by atoms with Crippen LogP contribution in [0.5, 0.6) is 5.75 Å². The molecule has 1 unspecified atom stereocenters. The molecular weight excluding hydrogens is 548 g/mol. The van der Waals surface area contributed by atoms with Crippen LogP contribution in [0, 0.1) is 6.92 Å². The van der Waals surface area contributed by atoms with E-state index in [1.54, 1.807) is 48.7 Å². The molecule has 4 aromatic rings. The second kappa shape index (κ2) is 11.7. The third kappa shape index (κ3) is 5.31. The summed E-state index contributed by atoms with van der Waals surface area (Å²) in [6, 6.07) is 19.0. The van der Waals surface area contributed by atoms with Gasteiger partial charge in [0.1, 0.15) is 23.8 Å². The lowest BCUT2D eigenvalue weighted by Gasteiger charge is -2.24. The molecule has 1 N–H and O–H groups in total. The SMILES string of the molecule is C=CCOC(=O)c1sc(N2C(=O)C(O)=C(C(=O)c3cccs3)C2c2cccc(OCc3ccccc3)c2)nc1C. The van der Waals surface area contributed by atoms with Crippen molar-refractivity contribution < 1.29 is 29.0 Å². The summed E-state index contributed by atoms with van der Waals surface area (Å²) in [6.07, 6.45) is 1.45.